The molecule has 0 aliphatic carbocycles. The number of halogens is 12. The Morgan fingerprint density at radius 2 is 0.680 bits per heavy atom. The van der Waals surface area contributed by atoms with Crippen molar-refractivity contribution in [1.29, 1.82) is 0 Å². The number of nitrogens with two attached hydrogens (primary N) is 1. The summed E-state index contributed by atoms with van der Waals surface area (Å²) in [5.41, 5.74) is 0.533. The molecule has 0 fully saturated rings. The third-order valence-electron chi connectivity index (χ3n) is 11.5. The number of hydrogen-bond acceptors (Lipinski definition) is 22. The number of amides is 4. The third-order valence-corrected chi connectivity index (χ3v) is 11.5. The van der Waals surface area contributed by atoms with Crippen molar-refractivity contribution >= 4 is 35.9 Å². The van der Waals surface area contributed by atoms with Crippen LogP contribution in [0.5, 0.6) is 0 Å². The number of alkyl carbamates (subject to hydrolysis) is 2. The number of carbonyl (C=O) groups excluding carboxylic acids is 6. The molecule has 0 radical (unpaired) electrons. The number of benzene rings is 3. The molecule has 0 saturated heterocycles. The van der Waals surface area contributed by atoms with Crippen molar-refractivity contribution in [3.8, 4) is 0 Å². The van der Waals surface area contributed by atoms with Gasteiger partial charge in [0.1, 0.15) is 22.7 Å². The molecule has 3 aliphatic heterocycles. The maximum Gasteiger partial charge on any atom is 0.549 e. The van der Waals surface area contributed by atoms with Crippen LogP contribution in [0.25, 0.3) is 0 Å². The van der Waals surface area contributed by atoms with Gasteiger partial charge in [0.25, 0.3) is 11.8 Å². The molecule has 28 nitrogen and oxygen atoms in total. The molecule has 4 amide bonds. The van der Waals surface area contributed by atoms with E-state index < -0.39 is 88.8 Å². The molecule has 0 atom stereocenters. The minimum Gasteiger partial charge on any atom is -0.561 e. The third kappa shape index (κ3) is 31.6. The molecule has 0 aromatic heterocycles. The maximum absolute atomic E-state index is 13.0. The van der Waals surface area contributed by atoms with Crippen molar-refractivity contribution in [1.82, 2.24) is 21.3 Å². The van der Waals surface area contributed by atoms with Crippen LogP contribution in [-0.4, -0.2) is 196 Å². The average molecular weight is 1410 g/mol. The quantitative estimate of drug-likeness (QED) is 0.0261. The van der Waals surface area contributed by atoms with Crippen LogP contribution in [-0.2, 0) is 59.7 Å². The summed E-state index contributed by atoms with van der Waals surface area (Å²) in [5, 5.41) is 44.5. The van der Waals surface area contributed by atoms with Gasteiger partial charge in [-0.2, -0.15) is 52.7 Å². The van der Waals surface area contributed by atoms with Gasteiger partial charge >= 0.3 is 59.8 Å². The number of ether oxygens (including phenoxy) is 8. The molecular formula is C57H77F12N12O16+. The summed E-state index contributed by atoms with van der Waals surface area (Å²) < 4.78 is 188. The second kappa shape index (κ2) is 39.2. The highest BCUT2D eigenvalue weighted by atomic mass is 19.4. The fourth-order valence-corrected chi connectivity index (χ4v) is 6.80. The first kappa shape index (κ1) is 84.8. The molecule has 544 valence electrons. The van der Waals surface area contributed by atoms with E-state index in [-0.39, 0.29) is 53.1 Å². The van der Waals surface area contributed by atoms with Crippen molar-refractivity contribution in [2.45, 2.75) is 94.4 Å². The van der Waals surface area contributed by atoms with Crippen molar-refractivity contribution in [2.75, 3.05) is 119 Å². The van der Waals surface area contributed by atoms with E-state index in [1.165, 1.54) is 48.5 Å². The average Bonchev–Trinajstić information content (AvgIpc) is 1.60. The van der Waals surface area contributed by atoms with Crippen LogP contribution in [0.2, 0.25) is 0 Å². The SMILES string of the molecule is CC(C)(C)OC(=O)NCCOCCOCCN.CC(C)(C)OC(=O)NCCOCCOCCNC(=O)c1ccc(C2(C(F)(F)F)N=N2)cc1.O=C([O-])C(F)(F)F.O=C([OH2+])c1ccc(C2(C(F)(F)F)N=N2)cc1.[NH3+]CCOCCOCCNC(=O)c1ccc(C2(C(F)(F)F)N=N2)cc1. The summed E-state index contributed by atoms with van der Waals surface area (Å²) in [6.45, 7) is 18.1. The van der Waals surface area contributed by atoms with Gasteiger partial charge in [0, 0.05) is 65.3 Å². The second-order valence-corrected chi connectivity index (χ2v) is 21.6. The first-order valence-corrected chi connectivity index (χ1v) is 29.0. The van der Waals surface area contributed by atoms with E-state index in [1.54, 1.807) is 20.8 Å². The van der Waals surface area contributed by atoms with Crippen molar-refractivity contribution in [2.24, 2.45) is 36.4 Å². The van der Waals surface area contributed by atoms with Gasteiger partial charge in [-0.3, -0.25) is 9.59 Å². The summed E-state index contributed by atoms with van der Waals surface area (Å²) >= 11 is 0. The standard InChI is InChI=1S/C20H27F3N4O5.C15H19F3N4O3.C11H24N2O4.C9H5F3N2O2.C2HF3O2/c1-18(2,3)32-17(29)25-9-11-31-13-12-30-10-8-24-16(28)14-4-6-15(7-5-14)19(26-27-19)20(21,22)23;16-15(17,18)14(21-22-14)12-3-1-11(2-4-12)13(23)20-6-8-25-10-9-24-7-5-19;1-11(2,3)17-10(14)13-5-7-16-9-8-15-6-4-12;10-9(11,12)8(13-14-8)6-3-1-5(2-4-6)7(15)16;3-2(4,5)1(6)7/h4-7H,8-13H2,1-3H3,(H,24,28)(H,25,29);1-4H,5-10,19H2,(H,20,23);4-9,12H2,1-3H3,(H,13,14);1-4H,(H,15,16);(H,6,7)/p+1. The van der Waals surface area contributed by atoms with Gasteiger partial charge < -0.3 is 85.6 Å². The lowest BCUT2D eigenvalue weighted by Gasteiger charge is -2.19. The highest BCUT2D eigenvalue weighted by molar-refractivity contribution is 5.94. The molecule has 11 N–H and O–H groups in total. The molecule has 40 heteroatoms. The summed E-state index contributed by atoms with van der Waals surface area (Å²) in [6, 6.07) is 14.5. The Kier molecular flexibility index (Phi) is 34.3. The first-order chi connectivity index (χ1) is 45.1. The van der Waals surface area contributed by atoms with E-state index >= 15 is 0 Å². The Morgan fingerprint density at radius 1 is 0.433 bits per heavy atom. The van der Waals surface area contributed by atoms with Gasteiger partial charge in [-0.15, -0.1) is 30.7 Å². The first-order valence-electron chi connectivity index (χ1n) is 29.0. The largest absolute Gasteiger partial charge is 0.561 e. The second-order valence-electron chi connectivity index (χ2n) is 21.6. The molecule has 3 heterocycles. The van der Waals surface area contributed by atoms with Crippen LogP contribution in [0.1, 0.15) is 89.3 Å². The number of carboxylic acid groups (broad SMARTS) is 1. The van der Waals surface area contributed by atoms with Gasteiger partial charge in [0.2, 0.25) is 0 Å². The number of nitrogens with zero attached hydrogens (tertiary/aromatic N) is 6. The Labute approximate surface area is 546 Å². The minimum atomic E-state index is -5.19. The van der Waals surface area contributed by atoms with E-state index in [1.807, 2.05) is 20.8 Å². The zero-order valence-electron chi connectivity index (χ0n) is 53.3. The molecular weight excluding hydrogens is 1340 g/mol. The summed E-state index contributed by atoms with van der Waals surface area (Å²) in [7, 11) is 0. The van der Waals surface area contributed by atoms with Crippen molar-refractivity contribution in [3.63, 3.8) is 0 Å². The molecule has 0 bridgehead atoms. The number of nitrogens with one attached hydrogen (secondary N) is 4. The zero-order chi connectivity index (χ0) is 73.4. The molecule has 6 rings (SSSR count). The Balaban J connectivity index is 0.000000439. The lowest BCUT2D eigenvalue weighted by atomic mass is 10.0. The van der Waals surface area contributed by atoms with Crippen LogP contribution < -0.4 is 37.8 Å². The number of rotatable bonds is 31. The van der Waals surface area contributed by atoms with Crippen LogP contribution in [0.3, 0.4) is 0 Å². The highest BCUT2D eigenvalue weighted by Crippen LogP contribution is 2.54. The number of carboxylic acids is 1. The fraction of sp³-hybridized carbons (Fsp3) is 0.579. The molecule has 0 spiro atoms. The smallest absolute Gasteiger partial charge is 0.549 e. The molecule has 3 aromatic rings. The van der Waals surface area contributed by atoms with E-state index in [0.29, 0.717) is 98.9 Å². The Hall–Kier alpha value is -8.28. The van der Waals surface area contributed by atoms with E-state index in [9.17, 15) is 76.7 Å². The van der Waals surface area contributed by atoms with Gasteiger partial charge in [-0.1, -0.05) is 36.4 Å². The van der Waals surface area contributed by atoms with Gasteiger partial charge in [-0.25, -0.2) is 9.59 Å². The number of carbonyl (C=O) groups is 6. The van der Waals surface area contributed by atoms with Crippen LogP contribution in [0, 0.1) is 0 Å². The maximum atomic E-state index is 13.0. The van der Waals surface area contributed by atoms with E-state index in [0.717, 1.165) is 24.3 Å². The van der Waals surface area contributed by atoms with Crippen LogP contribution >= 0.6 is 0 Å². The summed E-state index contributed by atoms with van der Waals surface area (Å²) in [4.78, 5) is 66.0. The number of hydrogen-bond donors (Lipinski definition) is 6. The molecule has 0 saturated carbocycles. The van der Waals surface area contributed by atoms with Gasteiger partial charge in [0.15, 0.2) is 0 Å². The number of aliphatic carboxylic acids is 1. The summed E-state index contributed by atoms with van der Waals surface area (Å²) in [5.74, 6) is -4.78. The minimum absolute atomic E-state index is 0.0294. The summed E-state index contributed by atoms with van der Waals surface area (Å²) in [6.07, 6.45) is -19.9. The molecule has 97 heavy (non-hydrogen) atoms. The highest BCUT2D eigenvalue weighted by Gasteiger charge is 2.67. The van der Waals surface area contributed by atoms with Gasteiger partial charge in [-0.05, 0) is 77.9 Å². The number of quaternary nitrogens is 1. The lowest BCUT2D eigenvalue weighted by Crippen LogP contribution is -2.52. The van der Waals surface area contributed by atoms with E-state index in [2.05, 4.69) is 57.7 Å². The predicted octanol–water partition coefficient (Wildman–Crippen LogP) is 5.56. The topological polar surface area (TPSA) is 398 Å². The van der Waals surface area contributed by atoms with E-state index in [4.69, 9.17) is 58.6 Å². The number of alkyl halides is 12. The molecule has 3 aromatic carbocycles. The Morgan fingerprint density at radius 3 is 0.897 bits per heavy atom. The van der Waals surface area contributed by atoms with Crippen molar-refractivity contribution in [3.05, 3.63) is 106 Å². The lowest BCUT2D eigenvalue weighted by molar-refractivity contribution is -0.374. The fourth-order valence-electron chi connectivity index (χ4n) is 6.80. The van der Waals surface area contributed by atoms with Gasteiger partial charge in [0.05, 0.1) is 85.8 Å². The molecule has 3 aliphatic rings. The normalized spacial score (nSPS) is 14.4. The van der Waals surface area contributed by atoms with Crippen molar-refractivity contribution < 1.29 is 135 Å². The zero-order valence-corrected chi connectivity index (χ0v) is 53.3. The Bertz CT molecular complexity index is 3000. The predicted molar refractivity (Wildman–Crippen MR) is 311 cm³/mol. The molecule has 0 unspecified atom stereocenters. The monoisotopic (exact) mass is 1410 g/mol. The van der Waals surface area contributed by atoms with Crippen LogP contribution in [0.15, 0.2) is 103 Å². The van der Waals surface area contributed by atoms with Crippen LogP contribution in [0.4, 0.5) is 62.3 Å².